The van der Waals surface area contributed by atoms with Gasteiger partial charge in [-0.3, -0.25) is 0 Å². The summed E-state index contributed by atoms with van der Waals surface area (Å²) < 4.78 is 21.9. The lowest BCUT2D eigenvalue weighted by molar-refractivity contribution is 0.0507. The molecule has 0 radical (unpaired) electrons. The highest BCUT2D eigenvalue weighted by atomic mass is 16.5. The second-order valence-electron chi connectivity index (χ2n) is 7.18. The molecule has 0 fully saturated rings. The molecule has 0 atom stereocenters. The highest BCUT2D eigenvalue weighted by molar-refractivity contribution is 6.03. The highest BCUT2D eigenvalue weighted by Gasteiger charge is 2.34. The summed E-state index contributed by atoms with van der Waals surface area (Å²) in [4.78, 5) is 34.9. The average Bonchev–Trinajstić information content (AvgIpc) is 3.39. The van der Waals surface area contributed by atoms with Crippen molar-refractivity contribution in [1.82, 2.24) is 9.97 Å². The van der Waals surface area contributed by atoms with Crippen molar-refractivity contribution in [2.45, 2.75) is 54.1 Å². The van der Waals surface area contributed by atoms with Crippen molar-refractivity contribution < 1.29 is 28.5 Å². The van der Waals surface area contributed by atoms with E-state index in [2.05, 4.69) is 9.97 Å². The summed E-state index contributed by atoms with van der Waals surface area (Å²) in [6, 6.07) is 0. The Balaban J connectivity index is 2.08. The zero-order chi connectivity index (χ0) is 21.4. The molecule has 0 aliphatic carbocycles. The van der Waals surface area contributed by atoms with Gasteiger partial charge in [0.15, 0.2) is 11.4 Å². The number of fused-ring (bicyclic) bond motifs is 2. The van der Waals surface area contributed by atoms with E-state index in [0.29, 0.717) is 48.9 Å². The number of carbonyl (C=O) groups excluding carboxylic acids is 2. The summed E-state index contributed by atoms with van der Waals surface area (Å²) in [5.74, 6) is -1.10. The minimum atomic E-state index is -0.548. The number of nitrogens with zero attached hydrogens (tertiary/aromatic N) is 2. The van der Waals surface area contributed by atoms with Gasteiger partial charge in [-0.05, 0) is 38.8 Å². The molecule has 0 bridgehead atoms. The largest absolute Gasteiger partial charge is 0.461 e. The van der Waals surface area contributed by atoms with E-state index >= 15 is 0 Å². The van der Waals surface area contributed by atoms with E-state index in [0.717, 1.165) is 22.3 Å². The van der Waals surface area contributed by atoms with Crippen LogP contribution in [-0.2, 0) is 45.4 Å². The van der Waals surface area contributed by atoms with Gasteiger partial charge >= 0.3 is 11.9 Å². The molecule has 0 saturated heterocycles. The summed E-state index contributed by atoms with van der Waals surface area (Å²) in [7, 11) is 0. The lowest BCUT2D eigenvalue weighted by Gasteiger charge is -2.19. The maximum atomic E-state index is 12.9. The van der Waals surface area contributed by atoms with Crippen molar-refractivity contribution in [3.8, 4) is 11.1 Å². The van der Waals surface area contributed by atoms with Crippen LogP contribution in [0, 0.1) is 13.8 Å². The smallest absolute Gasteiger partial charge is 0.357 e. The third-order valence-corrected chi connectivity index (χ3v) is 5.41. The molecule has 2 aromatic heterocycles. The molecule has 8 heteroatoms. The first-order valence-corrected chi connectivity index (χ1v) is 10.0. The molecule has 0 unspecified atom stereocenters. The average molecular weight is 412 g/mol. The first-order valence-electron chi connectivity index (χ1n) is 10.0. The normalized spacial score (nSPS) is 14.4. The number of hydrogen-bond acceptors (Lipinski definition) is 8. The predicted octanol–water partition coefficient (Wildman–Crippen LogP) is 3.17. The van der Waals surface area contributed by atoms with Gasteiger partial charge in [-0.25, -0.2) is 19.6 Å². The van der Waals surface area contributed by atoms with Crippen LogP contribution >= 0.6 is 0 Å². The van der Waals surface area contributed by atoms with Crippen LogP contribution in [0.25, 0.3) is 11.1 Å². The number of rotatable bonds is 5. The molecule has 0 aromatic carbocycles. The lowest BCUT2D eigenvalue weighted by atomic mass is 9.88. The van der Waals surface area contributed by atoms with Gasteiger partial charge in [0.2, 0.25) is 0 Å². The SMILES string of the molecule is CCOC(=O)c1nc(C)c2c(c1-c1c(C(=O)OCC)nc(C)c3c1COC3)COC2. The Morgan fingerprint density at radius 1 is 0.733 bits per heavy atom. The molecule has 158 valence electrons. The Kier molecular flexibility index (Phi) is 5.53. The van der Waals surface area contributed by atoms with Gasteiger partial charge in [0, 0.05) is 33.6 Å². The molecule has 0 amide bonds. The summed E-state index contributed by atoms with van der Waals surface area (Å²) in [6.07, 6.45) is 0. The number of aromatic nitrogens is 2. The zero-order valence-corrected chi connectivity index (χ0v) is 17.6. The Labute approximate surface area is 174 Å². The van der Waals surface area contributed by atoms with Crippen LogP contribution in [-0.4, -0.2) is 35.1 Å². The third-order valence-electron chi connectivity index (χ3n) is 5.41. The fraction of sp³-hybridized carbons (Fsp3) is 0.455. The Morgan fingerprint density at radius 2 is 1.10 bits per heavy atom. The molecule has 4 heterocycles. The third kappa shape index (κ3) is 3.26. The molecule has 0 saturated carbocycles. The summed E-state index contributed by atoms with van der Waals surface area (Å²) in [6.45, 7) is 9.01. The highest BCUT2D eigenvalue weighted by Crippen LogP contribution is 2.42. The molecule has 2 aliphatic rings. The molecule has 0 spiro atoms. The summed E-state index contributed by atoms with van der Waals surface area (Å²) in [5, 5.41) is 0. The Bertz CT molecular complexity index is 963. The first kappa shape index (κ1) is 20.4. The van der Waals surface area contributed by atoms with E-state index in [1.807, 2.05) is 13.8 Å². The van der Waals surface area contributed by atoms with E-state index in [-0.39, 0.29) is 24.6 Å². The van der Waals surface area contributed by atoms with Gasteiger partial charge in [0.1, 0.15) is 0 Å². The van der Waals surface area contributed by atoms with Crippen LogP contribution in [0.4, 0.5) is 0 Å². The maximum absolute atomic E-state index is 12.9. The molecular formula is C22H24N2O6. The van der Waals surface area contributed by atoms with E-state index < -0.39 is 11.9 Å². The number of esters is 2. The van der Waals surface area contributed by atoms with Crippen LogP contribution in [0.1, 0.15) is 68.5 Å². The van der Waals surface area contributed by atoms with Crippen LogP contribution in [0.3, 0.4) is 0 Å². The van der Waals surface area contributed by atoms with Crippen molar-refractivity contribution >= 4 is 11.9 Å². The molecule has 4 rings (SSSR count). The lowest BCUT2D eigenvalue weighted by Crippen LogP contribution is -2.17. The number of aryl methyl sites for hydroxylation is 2. The first-order chi connectivity index (χ1) is 14.5. The monoisotopic (exact) mass is 412 g/mol. The molecule has 2 aromatic rings. The van der Waals surface area contributed by atoms with Crippen molar-refractivity contribution in [3.05, 3.63) is 45.0 Å². The molecular weight excluding hydrogens is 388 g/mol. The summed E-state index contributed by atoms with van der Waals surface area (Å²) >= 11 is 0. The molecule has 8 nitrogen and oxygen atoms in total. The van der Waals surface area contributed by atoms with Crippen LogP contribution in [0.15, 0.2) is 0 Å². The van der Waals surface area contributed by atoms with Gasteiger partial charge < -0.3 is 18.9 Å². The number of carbonyl (C=O) groups is 2. The van der Waals surface area contributed by atoms with E-state index in [9.17, 15) is 9.59 Å². The van der Waals surface area contributed by atoms with E-state index in [4.69, 9.17) is 18.9 Å². The summed E-state index contributed by atoms with van der Waals surface area (Å²) in [5.41, 5.74) is 6.29. The Morgan fingerprint density at radius 3 is 1.47 bits per heavy atom. The van der Waals surface area contributed by atoms with E-state index in [1.54, 1.807) is 13.8 Å². The van der Waals surface area contributed by atoms with Crippen molar-refractivity contribution in [2.24, 2.45) is 0 Å². The van der Waals surface area contributed by atoms with Crippen molar-refractivity contribution in [1.29, 1.82) is 0 Å². The standard InChI is InChI=1S/C22H24N2O6/c1-5-29-21(25)19-17(15-9-27-7-13(15)11(3)23-19)18-16-10-28-8-14(16)12(4)24-20(18)22(26)30-6-2/h5-10H2,1-4H3. The fourth-order valence-corrected chi connectivity index (χ4v) is 4.05. The molecule has 2 aliphatic heterocycles. The maximum Gasteiger partial charge on any atom is 0.357 e. The molecule has 30 heavy (non-hydrogen) atoms. The van der Waals surface area contributed by atoms with Gasteiger partial charge in [0.05, 0.1) is 39.6 Å². The zero-order valence-electron chi connectivity index (χ0n) is 17.6. The predicted molar refractivity (Wildman–Crippen MR) is 106 cm³/mol. The number of hydrogen-bond donors (Lipinski definition) is 0. The van der Waals surface area contributed by atoms with Crippen molar-refractivity contribution in [3.63, 3.8) is 0 Å². The number of ether oxygens (including phenoxy) is 4. The van der Waals surface area contributed by atoms with Gasteiger partial charge in [0.25, 0.3) is 0 Å². The van der Waals surface area contributed by atoms with Gasteiger partial charge in [-0.1, -0.05) is 0 Å². The quantitative estimate of drug-likeness (QED) is 0.691. The van der Waals surface area contributed by atoms with Crippen LogP contribution < -0.4 is 0 Å². The minimum absolute atomic E-state index is 0.156. The van der Waals surface area contributed by atoms with Crippen molar-refractivity contribution in [2.75, 3.05) is 13.2 Å². The second-order valence-corrected chi connectivity index (χ2v) is 7.18. The van der Waals surface area contributed by atoms with E-state index in [1.165, 1.54) is 0 Å². The van der Waals surface area contributed by atoms with Crippen LogP contribution in [0.5, 0.6) is 0 Å². The minimum Gasteiger partial charge on any atom is -0.461 e. The second kappa shape index (κ2) is 8.12. The number of pyridine rings is 2. The topological polar surface area (TPSA) is 96.8 Å². The van der Waals surface area contributed by atoms with Gasteiger partial charge in [-0.2, -0.15) is 0 Å². The Hall–Kier alpha value is -2.84. The van der Waals surface area contributed by atoms with Crippen LogP contribution in [0.2, 0.25) is 0 Å². The fourth-order valence-electron chi connectivity index (χ4n) is 4.05. The molecule has 0 N–H and O–H groups in total. The van der Waals surface area contributed by atoms with Gasteiger partial charge in [-0.15, -0.1) is 0 Å².